The van der Waals surface area contributed by atoms with E-state index in [1.54, 1.807) is 0 Å². The van der Waals surface area contributed by atoms with Crippen molar-refractivity contribution in [1.82, 2.24) is 19.5 Å². The van der Waals surface area contributed by atoms with Crippen LogP contribution in [-0.4, -0.2) is 25.6 Å². The van der Waals surface area contributed by atoms with Crippen molar-refractivity contribution in [2.75, 3.05) is 4.90 Å². The van der Waals surface area contributed by atoms with Gasteiger partial charge in [-0.2, -0.15) is 9.97 Å². The first-order valence-corrected chi connectivity index (χ1v) is 27.0. The van der Waals surface area contributed by atoms with Crippen LogP contribution in [0.3, 0.4) is 0 Å². The van der Waals surface area contributed by atoms with E-state index in [2.05, 4.69) is 289 Å². The summed E-state index contributed by atoms with van der Waals surface area (Å²) in [6.45, 7) is 0. The molecule has 0 saturated heterocycles. The van der Waals surface area contributed by atoms with E-state index >= 15 is 0 Å². The second-order valence-corrected chi connectivity index (χ2v) is 20.7. The molecule has 0 spiro atoms. The highest BCUT2D eigenvalue weighted by molar-refractivity contribution is 5.98. The standard InChI is InChI=1S/C73H51N5/c1-5-16-48(17-6-1)52-28-32-55(33-29-52)71-74-72(56-34-30-53(31-35-56)49-18-7-2-8-19-49)76-73(75-71)78-69-42-37-58(51-22-11-4-12-23-51)45-64(69)65-47-60(39-43-70(65)78)59-38-41-68-63(46-59)62-44-57(50-20-9-3-10-21-50)36-40-67(62)77(68)66-27-15-25-54-24-13-14-26-61(54)66/h1-38,40-47,60,63,68H,39H2. The normalized spacial score (nSPS) is 16.2. The van der Waals surface area contributed by atoms with E-state index in [4.69, 9.17) is 15.0 Å². The molecule has 10 aromatic carbocycles. The lowest BCUT2D eigenvalue weighted by molar-refractivity contribution is 0.717. The maximum atomic E-state index is 5.40. The minimum Gasteiger partial charge on any atom is -0.333 e. The van der Waals surface area contributed by atoms with Crippen LogP contribution < -0.4 is 15.5 Å². The summed E-state index contributed by atoms with van der Waals surface area (Å²) in [4.78, 5) is 18.6. The van der Waals surface area contributed by atoms with E-state index in [0.717, 1.165) is 61.6 Å². The van der Waals surface area contributed by atoms with Gasteiger partial charge in [-0.05, 0) is 97.8 Å². The molecule has 0 radical (unpaired) electrons. The summed E-state index contributed by atoms with van der Waals surface area (Å²) in [7, 11) is 0. The number of rotatable bonds is 9. The molecule has 0 fully saturated rings. The Balaban J connectivity index is 0.882. The highest BCUT2D eigenvalue weighted by atomic mass is 15.2. The van der Waals surface area contributed by atoms with Gasteiger partial charge in [0, 0.05) is 50.3 Å². The predicted molar refractivity (Wildman–Crippen MR) is 322 cm³/mol. The average Bonchev–Trinajstić information content (AvgIpc) is 4.05. The van der Waals surface area contributed by atoms with Gasteiger partial charge in [-0.1, -0.05) is 249 Å². The largest absolute Gasteiger partial charge is 0.333 e. The number of hydrogen-bond donors (Lipinski definition) is 0. The summed E-state index contributed by atoms with van der Waals surface area (Å²) in [5, 5.41) is 5.94. The molecule has 3 atom stereocenters. The van der Waals surface area contributed by atoms with Crippen LogP contribution >= 0.6 is 0 Å². The fourth-order valence-electron chi connectivity index (χ4n) is 12.3. The first-order valence-electron chi connectivity index (χ1n) is 27.0. The third-order valence-corrected chi connectivity index (χ3v) is 16.1. The lowest BCUT2D eigenvalue weighted by Crippen LogP contribution is -2.34. The average molecular weight is 998 g/mol. The van der Waals surface area contributed by atoms with Gasteiger partial charge in [0.25, 0.3) is 0 Å². The number of benzene rings is 10. The Morgan fingerprint density at radius 1 is 0.397 bits per heavy atom. The highest BCUT2D eigenvalue weighted by Gasteiger charge is 2.40. The molecule has 0 saturated carbocycles. The Morgan fingerprint density at radius 3 is 1.54 bits per heavy atom. The first kappa shape index (κ1) is 45.4. The van der Waals surface area contributed by atoms with Crippen LogP contribution in [0.15, 0.2) is 273 Å². The quantitative estimate of drug-likeness (QED) is 0.145. The molecule has 0 amide bonds. The SMILES string of the molecule is C1=CC2C(C=C1C1C=c3c(n(-c4nc(-c5ccc(-c6ccccc6)cc5)nc(-c5ccc(-c6ccccc6)cc5)n4)c4ccc(-c5ccccc5)cc34)=CC1)c1cc(-c3ccccc3)ccc1N2c1cccc2ccccc12. The second-order valence-electron chi connectivity index (χ2n) is 20.7. The second kappa shape index (κ2) is 19.0. The highest BCUT2D eigenvalue weighted by Crippen LogP contribution is 2.51. The summed E-state index contributed by atoms with van der Waals surface area (Å²) in [5.74, 6) is 2.10. The number of nitrogens with zero attached hydrogens (tertiary/aromatic N) is 5. The molecule has 15 rings (SSSR count). The minimum absolute atomic E-state index is 0.121. The van der Waals surface area contributed by atoms with Gasteiger partial charge in [-0.3, -0.25) is 4.57 Å². The molecule has 368 valence electrons. The molecule has 12 aromatic rings. The Hall–Kier alpha value is -9.97. The van der Waals surface area contributed by atoms with Crippen LogP contribution in [0.1, 0.15) is 17.9 Å². The van der Waals surface area contributed by atoms with E-state index < -0.39 is 0 Å². The zero-order chi connectivity index (χ0) is 51.5. The van der Waals surface area contributed by atoms with Crippen molar-refractivity contribution in [3.05, 3.63) is 289 Å². The van der Waals surface area contributed by atoms with Crippen molar-refractivity contribution in [2.24, 2.45) is 5.92 Å². The van der Waals surface area contributed by atoms with E-state index in [1.165, 1.54) is 55.2 Å². The van der Waals surface area contributed by atoms with Crippen molar-refractivity contribution in [2.45, 2.75) is 18.4 Å². The van der Waals surface area contributed by atoms with Crippen molar-refractivity contribution in [3.8, 4) is 73.2 Å². The molecule has 0 N–H and O–H groups in total. The van der Waals surface area contributed by atoms with Crippen molar-refractivity contribution in [1.29, 1.82) is 0 Å². The molecule has 2 aliphatic carbocycles. The van der Waals surface area contributed by atoms with Crippen LogP contribution in [0.5, 0.6) is 0 Å². The van der Waals surface area contributed by atoms with Gasteiger partial charge in [0.2, 0.25) is 5.95 Å². The van der Waals surface area contributed by atoms with Crippen molar-refractivity contribution >= 4 is 45.2 Å². The summed E-state index contributed by atoms with van der Waals surface area (Å²) in [6.07, 6.45) is 13.2. The summed E-state index contributed by atoms with van der Waals surface area (Å²) < 4.78 is 2.28. The third kappa shape index (κ3) is 7.98. The smallest absolute Gasteiger partial charge is 0.238 e. The molecule has 0 bridgehead atoms. The van der Waals surface area contributed by atoms with Gasteiger partial charge in [0.05, 0.1) is 16.9 Å². The molecule has 3 unspecified atom stereocenters. The first-order chi connectivity index (χ1) is 38.6. The van der Waals surface area contributed by atoms with Crippen LogP contribution in [0, 0.1) is 5.92 Å². The molecular weight excluding hydrogens is 947 g/mol. The zero-order valence-electron chi connectivity index (χ0n) is 42.7. The molecule has 3 heterocycles. The summed E-state index contributed by atoms with van der Waals surface area (Å²) >= 11 is 0. The Bertz CT molecular complexity index is 4340. The van der Waals surface area contributed by atoms with Crippen molar-refractivity contribution < 1.29 is 0 Å². The van der Waals surface area contributed by atoms with E-state index in [-0.39, 0.29) is 17.9 Å². The van der Waals surface area contributed by atoms with Crippen LogP contribution in [-0.2, 0) is 0 Å². The summed E-state index contributed by atoms with van der Waals surface area (Å²) in [5.41, 5.74) is 17.5. The van der Waals surface area contributed by atoms with Gasteiger partial charge in [0.1, 0.15) is 0 Å². The van der Waals surface area contributed by atoms with Gasteiger partial charge in [-0.25, -0.2) is 4.98 Å². The fourth-order valence-corrected chi connectivity index (χ4v) is 12.3. The number of hydrogen-bond acceptors (Lipinski definition) is 4. The Kier molecular flexibility index (Phi) is 11.1. The lowest BCUT2D eigenvalue weighted by atomic mass is 9.81. The fraction of sp³-hybridized carbons (Fsp3) is 0.0548. The van der Waals surface area contributed by atoms with E-state index in [9.17, 15) is 0 Å². The maximum Gasteiger partial charge on any atom is 0.238 e. The van der Waals surface area contributed by atoms with Crippen molar-refractivity contribution in [3.63, 3.8) is 0 Å². The van der Waals surface area contributed by atoms with E-state index in [1.807, 2.05) is 0 Å². The minimum atomic E-state index is 0.121. The van der Waals surface area contributed by atoms with Gasteiger partial charge >= 0.3 is 0 Å². The van der Waals surface area contributed by atoms with Crippen LogP contribution in [0.2, 0.25) is 0 Å². The van der Waals surface area contributed by atoms with Crippen LogP contribution in [0.4, 0.5) is 11.4 Å². The number of anilines is 2. The summed E-state index contributed by atoms with van der Waals surface area (Å²) in [6, 6.07) is 89.2. The molecule has 2 aromatic heterocycles. The number of fused-ring (bicyclic) bond motifs is 7. The van der Waals surface area contributed by atoms with Crippen LogP contribution in [0.25, 0.3) is 107 Å². The third-order valence-electron chi connectivity index (χ3n) is 16.1. The molecule has 5 nitrogen and oxygen atoms in total. The molecule has 78 heavy (non-hydrogen) atoms. The topological polar surface area (TPSA) is 46.8 Å². The predicted octanol–water partition coefficient (Wildman–Crippen LogP) is 16.4. The number of allylic oxidation sites excluding steroid dienone is 2. The lowest BCUT2D eigenvalue weighted by Gasteiger charge is -2.31. The molecular formula is C73H51N5. The Morgan fingerprint density at radius 2 is 0.910 bits per heavy atom. The number of aromatic nitrogens is 4. The van der Waals surface area contributed by atoms with Gasteiger partial charge < -0.3 is 4.90 Å². The monoisotopic (exact) mass is 997 g/mol. The Labute approximate surface area is 453 Å². The van der Waals surface area contributed by atoms with E-state index in [0.29, 0.717) is 17.6 Å². The van der Waals surface area contributed by atoms with Gasteiger partial charge in [0.15, 0.2) is 11.6 Å². The molecule has 1 aliphatic heterocycles. The molecule has 3 aliphatic rings. The molecule has 5 heteroatoms. The van der Waals surface area contributed by atoms with Gasteiger partial charge in [-0.15, -0.1) is 0 Å². The zero-order valence-corrected chi connectivity index (χ0v) is 42.7. The maximum absolute atomic E-state index is 5.40.